The Morgan fingerprint density at radius 3 is 2.50 bits per heavy atom. The molecule has 0 aliphatic carbocycles. The van der Waals surface area contributed by atoms with Gasteiger partial charge in [0, 0.05) is 25.7 Å². The summed E-state index contributed by atoms with van der Waals surface area (Å²) in [4.78, 5) is 37.3. The first-order valence-corrected chi connectivity index (χ1v) is 10.2. The number of rotatable bonds is 10. The molecule has 1 heterocycles. The van der Waals surface area contributed by atoms with Crippen LogP contribution in [0.4, 0.5) is 4.79 Å². The van der Waals surface area contributed by atoms with E-state index in [9.17, 15) is 14.4 Å². The third-order valence-corrected chi connectivity index (χ3v) is 4.64. The van der Waals surface area contributed by atoms with Crippen LogP contribution in [0.1, 0.15) is 27.2 Å². The van der Waals surface area contributed by atoms with Gasteiger partial charge in [0.15, 0.2) is 0 Å². The lowest BCUT2D eigenvalue weighted by Crippen LogP contribution is -2.45. The van der Waals surface area contributed by atoms with Crippen molar-refractivity contribution in [3.63, 3.8) is 0 Å². The first-order valence-electron chi connectivity index (χ1n) is 9.05. The van der Waals surface area contributed by atoms with Gasteiger partial charge < -0.3 is 25.0 Å². The van der Waals surface area contributed by atoms with Crippen LogP contribution in [-0.2, 0) is 19.1 Å². The predicted octanol–water partition coefficient (Wildman–Crippen LogP) is 0.855. The van der Waals surface area contributed by atoms with Crippen molar-refractivity contribution in [2.45, 2.75) is 33.2 Å². The summed E-state index contributed by atoms with van der Waals surface area (Å²) in [6.45, 7) is 8.86. The van der Waals surface area contributed by atoms with Gasteiger partial charge in [-0.15, -0.1) is 11.8 Å². The number of carbonyl (C=O) groups is 3. The van der Waals surface area contributed by atoms with E-state index in [1.54, 1.807) is 11.8 Å². The van der Waals surface area contributed by atoms with Gasteiger partial charge in [-0.05, 0) is 19.3 Å². The summed E-state index contributed by atoms with van der Waals surface area (Å²) in [5.41, 5.74) is 0. The van der Waals surface area contributed by atoms with E-state index in [2.05, 4.69) is 24.5 Å². The summed E-state index contributed by atoms with van der Waals surface area (Å²) < 4.78 is 10.1. The summed E-state index contributed by atoms with van der Waals surface area (Å²) >= 11 is 1.29. The molecule has 1 unspecified atom stereocenters. The molecule has 1 aliphatic heterocycles. The Kier molecular flexibility index (Phi) is 11.1. The minimum Gasteiger partial charge on any atom is -0.450 e. The van der Waals surface area contributed by atoms with E-state index in [1.165, 1.54) is 11.8 Å². The van der Waals surface area contributed by atoms with Crippen LogP contribution >= 0.6 is 11.8 Å². The van der Waals surface area contributed by atoms with Gasteiger partial charge in [-0.2, -0.15) is 0 Å². The van der Waals surface area contributed by atoms with Crippen molar-refractivity contribution >= 4 is 29.7 Å². The fourth-order valence-electron chi connectivity index (χ4n) is 2.52. The second kappa shape index (κ2) is 12.8. The van der Waals surface area contributed by atoms with E-state index >= 15 is 0 Å². The fourth-order valence-corrected chi connectivity index (χ4v) is 3.27. The van der Waals surface area contributed by atoms with E-state index < -0.39 is 6.09 Å². The molecule has 1 atom stereocenters. The Bertz CT molecular complexity index is 456. The number of hydrogen-bond donors (Lipinski definition) is 2. The number of ether oxygens (including phenoxy) is 2. The lowest BCUT2D eigenvalue weighted by atomic mass is 10.0. The molecule has 150 valence electrons. The molecule has 1 saturated heterocycles. The maximum atomic E-state index is 12.0. The number of carbonyl (C=O) groups excluding carboxylic acids is 3. The van der Waals surface area contributed by atoms with Gasteiger partial charge >= 0.3 is 6.09 Å². The van der Waals surface area contributed by atoms with Crippen LogP contribution in [0.5, 0.6) is 0 Å². The van der Waals surface area contributed by atoms with E-state index in [1.807, 2.05) is 0 Å². The van der Waals surface area contributed by atoms with Crippen molar-refractivity contribution < 1.29 is 23.9 Å². The van der Waals surface area contributed by atoms with E-state index in [4.69, 9.17) is 9.47 Å². The number of morpholine rings is 1. The molecule has 0 aromatic heterocycles. The Balaban J connectivity index is 2.26. The molecule has 0 aromatic rings. The summed E-state index contributed by atoms with van der Waals surface area (Å²) in [6.07, 6.45) is 0.264. The van der Waals surface area contributed by atoms with Crippen LogP contribution in [0.3, 0.4) is 0 Å². The predicted molar refractivity (Wildman–Crippen MR) is 101 cm³/mol. The topological polar surface area (TPSA) is 97.0 Å². The van der Waals surface area contributed by atoms with Gasteiger partial charge in [-0.3, -0.25) is 9.59 Å². The number of thioether (sulfide) groups is 1. The lowest BCUT2D eigenvalue weighted by molar-refractivity contribution is -0.132. The van der Waals surface area contributed by atoms with Crippen molar-refractivity contribution in [3.05, 3.63) is 0 Å². The molecular weight excluding hydrogens is 358 g/mol. The van der Waals surface area contributed by atoms with Crippen LogP contribution in [0.25, 0.3) is 0 Å². The first kappa shape index (κ1) is 22.6. The Hall–Kier alpha value is -1.48. The highest BCUT2D eigenvalue weighted by Crippen LogP contribution is 2.06. The fraction of sp³-hybridized carbons (Fsp3) is 0.824. The summed E-state index contributed by atoms with van der Waals surface area (Å²) in [5, 5.41) is 5.58. The zero-order chi connectivity index (χ0) is 19.4. The maximum Gasteiger partial charge on any atom is 0.407 e. The van der Waals surface area contributed by atoms with Crippen LogP contribution in [-0.4, -0.2) is 79.8 Å². The van der Waals surface area contributed by atoms with Gasteiger partial charge in [0.2, 0.25) is 11.8 Å². The summed E-state index contributed by atoms with van der Waals surface area (Å²) in [5.74, 6) is 0.754. The zero-order valence-electron chi connectivity index (χ0n) is 15.9. The standard InChI is InChI=1S/C17H31N3O5S/c1-4-25-17(23)19-14(9-13(2)3)10-18-15(21)11-26-12-16(22)20-5-7-24-8-6-20/h13-14H,4-12H2,1-3H3,(H,18,21)(H,19,23). The van der Waals surface area contributed by atoms with Gasteiger partial charge in [-0.25, -0.2) is 4.79 Å². The highest BCUT2D eigenvalue weighted by atomic mass is 32.2. The monoisotopic (exact) mass is 389 g/mol. The van der Waals surface area contributed by atoms with Crippen molar-refractivity contribution in [2.75, 3.05) is 51.0 Å². The maximum absolute atomic E-state index is 12.0. The molecule has 26 heavy (non-hydrogen) atoms. The minimum absolute atomic E-state index is 0.0350. The highest BCUT2D eigenvalue weighted by molar-refractivity contribution is 8.00. The number of nitrogens with zero attached hydrogens (tertiary/aromatic N) is 1. The van der Waals surface area contributed by atoms with Crippen LogP contribution in [0.2, 0.25) is 0 Å². The minimum atomic E-state index is -0.474. The van der Waals surface area contributed by atoms with Crippen molar-refractivity contribution in [1.82, 2.24) is 15.5 Å². The molecule has 2 N–H and O–H groups in total. The summed E-state index contributed by atoms with van der Waals surface area (Å²) in [6, 6.07) is -0.182. The molecule has 0 spiro atoms. The van der Waals surface area contributed by atoms with Crippen LogP contribution in [0.15, 0.2) is 0 Å². The largest absolute Gasteiger partial charge is 0.450 e. The Labute approximate surface area is 159 Å². The Morgan fingerprint density at radius 1 is 1.19 bits per heavy atom. The SMILES string of the molecule is CCOC(=O)NC(CNC(=O)CSCC(=O)N1CCOCC1)CC(C)C. The molecule has 9 heteroatoms. The van der Waals surface area contributed by atoms with Crippen molar-refractivity contribution in [3.8, 4) is 0 Å². The van der Waals surface area contributed by atoms with Crippen molar-refractivity contribution in [1.29, 1.82) is 0 Å². The van der Waals surface area contributed by atoms with Crippen LogP contribution in [0, 0.1) is 5.92 Å². The number of amides is 3. The molecule has 1 rings (SSSR count). The molecule has 0 radical (unpaired) electrons. The summed E-state index contributed by atoms with van der Waals surface area (Å²) in [7, 11) is 0. The van der Waals surface area contributed by atoms with Gasteiger partial charge in [0.25, 0.3) is 0 Å². The molecule has 8 nitrogen and oxygen atoms in total. The average molecular weight is 390 g/mol. The quantitative estimate of drug-likeness (QED) is 0.575. The Morgan fingerprint density at radius 2 is 1.88 bits per heavy atom. The molecule has 3 amide bonds. The van der Waals surface area contributed by atoms with Crippen LogP contribution < -0.4 is 10.6 Å². The molecular formula is C17H31N3O5S. The molecule has 0 saturated carbocycles. The van der Waals surface area contributed by atoms with E-state index in [-0.39, 0.29) is 29.4 Å². The van der Waals surface area contributed by atoms with Gasteiger partial charge in [0.05, 0.1) is 31.3 Å². The van der Waals surface area contributed by atoms with E-state index in [0.29, 0.717) is 45.4 Å². The second-order valence-corrected chi connectivity index (χ2v) is 7.47. The molecule has 0 aromatic carbocycles. The smallest absolute Gasteiger partial charge is 0.407 e. The zero-order valence-corrected chi connectivity index (χ0v) is 16.7. The van der Waals surface area contributed by atoms with Gasteiger partial charge in [0.1, 0.15) is 0 Å². The van der Waals surface area contributed by atoms with E-state index in [0.717, 1.165) is 6.42 Å². The molecule has 1 fully saturated rings. The lowest BCUT2D eigenvalue weighted by Gasteiger charge is -2.26. The molecule has 1 aliphatic rings. The normalized spacial score (nSPS) is 15.5. The second-order valence-electron chi connectivity index (χ2n) is 6.48. The third-order valence-electron chi connectivity index (χ3n) is 3.72. The average Bonchev–Trinajstić information content (AvgIpc) is 2.60. The first-order chi connectivity index (χ1) is 12.4. The number of alkyl carbamates (subject to hydrolysis) is 1. The molecule has 0 bridgehead atoms. The number of hydrogen-bond acceptors (Lipinski definition) is 6. The third kappa shape index (κ3) is 9.86. The van der Waals surface area contributed by atoms with Gasteiger partial charge in [-0.1, -0.05) is 13.8 Å². The highest BCUT2D eigenvalue weighted by Gasteiger charge is 2.18. The number of nitrogens with one attached hydrogen (secondary N) is 2. The van der Waals surface area contributed by atoms with Crippen molar-refractivity contribution in [2.24, 2.45) is 5.92 Å².